The SMILES string of the molecule is Cc1nn(CC(=O)N[C@H](C)CCc2ccccc2)c2ccccc12. The highest BCUT2D eigenvalue weighted by Gasteiger charge is 2.12. The summed E-state index contributed by atoms with van der Waals surface area (Å²) in [5.74, 6) is 0.00353. The van der Waals surface area contributed by atoms with Crippen molar-refractivity contribution in [3.05, 3.63) is 65.9 Å². The molecule has 2 aromatic carbocycles. The molecule has 0 unspecified atom stereocenters. The van der Waals surface area contributed by atoms with E-state index in [0.717, 1.165) is 29.4 Å². The lowest BCUT2D eigenvalue weighted by Crippen LogP contribution is -2.35. The van der Waals surface area contributed by atoms with Crippen molar-refractivity contribution in [1.82, 2.24) is 15.1 Å². The number of carbonyl (C=O) groups is 1. The largest absolute Gasteiger partial charge is 0.352 e. The number of amides is 1. The molecule has 124 valence electrons. The van der Waals surface area contributed by atoms with Gasteiger partial charge in [-0.1, -0.05) is 48.5 Å². The Morgan fingerprint density at radius 3 is 2.62 bits per heavy atom. The van der Waals surface area contributed by atoms with Crippen molar-refractivity contribution in [3.63, 3.8) is 0 Å². The number of nitrogens with one attached hydrogen (secondary N) is 1. The molecule has 1 aromatic heterocycles. The third-order valence-electron chi connectivity index (χ3n) is 4.25. The molecule has 0 radical (unpaired) electrons. The van der Waals surface area contributed by atoms with E-state index in [-0.39, 0.29) is 18.5 Å². The van der Waals surface area contributed by atoms with Gasteiger partial charge in [0, 0.05) is 11.4 Å². The molecule has 3 rings (SSSR count). The van der Waals surface area contributed by atoms with Gasteiger partial charge in [-0.15, -0.1) is 0 Å². The zero-order valence-corrected chi connectivity index (χ0v) is 14.2. The first-order valence-corrected chi connectivity index (χ1v) is 8.39. The fourth-order valence-corrected chi connectivity index (χ4v) is 2.97. The summed E-state index contributed by atoms with van der Waals surface area (Å²) in [4.78, 5) is 12.3. The molecule has 0 aliphatic heterocycles. The standard InChI is InChI=1S/C20H23N3O/c1-15(12-13-17-8-4-3-5-9-17)21-20(24)14-23-19-11-7-6-10-18(19)16(2)22-23/h3-11,15H,12-14H2,1-2H3,(H,21,24)/t15-/m1/s1. The molecule has 0 aliphatic rings. The van der Waals surface area contributed by atoms with Crippen LogP contribution in [0.1, 0.15) is 24.6 Å². The van der Waals surface area contributed by atoms with Crippen LogP contribution in [0.25, 0.3) is 10.9 Å². The van der Waals surface area contributed by atoms with E-state index in [2.05, 4.69) is 22.5 Å². The van der Waals surface area contributed by atoms with Gasteiger partial charge in [0.15, 0.2) is 0 Å². The van der Waals surface area contributed by atoms with Gasteiger partial charge in [-0.2, -0.15) is 5.10 Å². The lowest BCUT2D eigenvalue weighted by Gasteiger charge is -2.14. The molecule has 4 heteroatoms. The van der Waals surface area contributed by atoms with Crippen LogP contribution in [-0.4, -0.2) is 21.7 Å². The predicted molar refractivity (Wildman–Crippen MR) is 96.8 cm³/mol. The zero-order chi connectivity index (χ0) is 16.9. The third kappa shape index (κ3) is 3.82. The highest BCUT2D eigenvalue weighted by atomic mass is 16.2. The summed E-state index contributed by atoms with van der Waals surface area (Å²) in [5.41, 5.74) is 3.25. The molecule has 4 nitrogen and oxygen atoms in total. The maximum atomic E-state index is 12.3. The molecule has 24 heavy (non-hydrogen) atoms. The maximum Gasteiger partial charge on any atom is 0.241 e. The monoisotopic (exact) mass is 321 g/mol. The smallest absolute Gasteiger partial charge is 0.241 e. The Kier molecular flexibility index (Phi) is 4.94. The number of hydrogen-bond acceptors (Lipinski definition) is 2. The second-order valence-electron chi connectivity index (χ2n) is 6.25. The highest BCUT2D eigenvalue weighted by molar-refractivity contribution is 5.84. The quantitative estimate of drug-likeness (QED) is 0.755. The third-order valence-corrected chi connectivity index (χ3v) is 4.25. The Hall–Kier alpha value is -2.62. The summed E-state index contributed by atoms with van der Waals surface area (Å²) in [5, 5.41) is 8.66. The summed E-state index contributed by atoms with van der Waals surface area (Å²) in [7, 11) is 0. The first-order valence-electron chi connectivity index (χ1n) is 8.39. The molecule has 1 N–H and O–H groups in total. The van der Waals surface area contributed by atoms with Crippen LogP contribution in [0.15, 0.2) is 54.6 Å². The number of rotatable bonds is 6. The second kappa shape index (κ2) is 7.30. The first kappa shape index (κ1) is 16.2. The van der Waals surface area contributed by atoms with Crippen molar-refractivity contribution in [2.45, 2.75) is 39.3 Å². The van der Waals surface area contributed by atoms with Gasteiger partial charge in [0.2, 0.25) is 5.91 Å². The number of aromatic nitrogens is 2. The minimum Gasteiger partial charge on any atom is -0.352 e. The molecule has 0 saturated carbocycles. The Labute approximate surface area is 142 Å². The van der Waals surface area contributed by atoms with E-state index >= 15 is 0 Å². The number of benzene rings is 2. The van der Waals surface area contributed by atoms with Crippen LogP contribution in [0.4, 0.5) is 0 Å². The molecule has 0 spiro atoms. The highest BCUT2D eigenvalue weighted by Crippen LogP contribution is 2.17. The molecule has 0 saturated heterocycles. The zero-order valence-electron chi connectivity index (χ0n) is 14.2. The van der Waals surface area contributed by atoms with E-state index in [1.54, 1.807) is 4.68 Å². The van der Waals surface area contributed by atoms with Crippen molar-refractivity contribution in [2.75, 3.05) is 0 Å². The first-order chi connectivity index (χ1) is 11.6. The van der Waals surface area contributed by atoms with Crippen molar-refractivity contribution < 1.29 is 4.79 Å². The molecule has 1 atom stereocenters. The average molecular weight is 321 g/mol. The van der Waals surface area contributed by atoms with Gasteiger partial charge in [0.25, 0.3) is 0 Å². The minimum absolute atomic E-state index is 0.00353. The predicted octanol–water partition coefficient (Wildman–Crippen LogP) is 3.48. The summed E-state index contributed by atoms with van der Waals surface area (Å²) >= 11 is 0. The van der Waals surface area contributed by atoms with Crippen LogP contribution in [0.2, 0.25) is 0 Å². The van der Waals surface area contributed by atoms with Crippen LogP contribution < -0.4 is 5.32 Å². The Balaban J connectivity index is 1.56. The van der Waals surface area contributed by atoms with Crippen molar-refractivity contribution in [2.24, 2.45) is 0 Å². The van der Waals surface area contributed by atoms with E-state index in [4.69, 9.17) is 0 Å². The van der Waals surface area contributed by atoms with Crippen molar-refractivity contribution in [3.8, 4) is 0 Å². The lowest BCUT2D eigenvalue weighted by atomic mass is 10.1. The van der Waals surface area contributed by atoms with Crippen molar-refractivity contribution in [1.29, 1.82) is 0 Å². The molecule has 0 aliphatic carbocycles. The molecule has 1 heterocycles. The Bertz CT molecular complexity index is 823. The van der Waals surface area contributed by atoms with Crippen LogP contribution in [-0.2, 0) is 17.8 Å². The summed E-state index contributed by atoms with van der Waals surface area (Å²) in [6.07, 6.45) is 1.89. The molecule has 1 amide bonds. The number of hydrogen-bond donors (Lipinski definition) is 1. The fraction of sp³-hybridized carbons (Fsp3) is 0.300. The van der Waals surface area contributed by atoms with Crippen LogP contribution in [0.5, 0.6) is 0 Å². The molecule has 0 bridgehead atoms. The normalized spacial score (nSPS) is 12.2. The molecule has 3 aromatic rings. The lowest BCUT2D eigenvalue weighted by molar-refractivity contribution is -0.122. The number of fused-ring (bicyclic) bond motifs is 1. The van der Waals surface area contributed by atoms with E-state index in [9.17, 15) is 4.79 Å². The van der Waals surface area contributed by atoms with Gasteiger partial charge >= 0.3 is 0 Å². The number of nitrogens with zero attached hydrogens (tertiary/aromatic N) is 2. The van der Waals surface area contributed by atoms with Gasteiger partial charge in [-0.3, -0.25) is 9.48 Å². The van der Waals surface area contributed by atoms with Gasteiger partial charge in [-0.05, 0) is 38.3 Å². The average Bonchev–Trinajstić information content (AvgIpc) is 2.90. The van der Waals surface area contributed by atoms with E-state index in [1.807, 2.05) is 56.3 Å². The fourth-order valence-electron chi connectivity index (χ4n) is 2.97. The van der Waals surface area contributed by atoms with Crippen LogP contribution >= 0.6 is 0 Å². The summed E-state index contributed by atoms with van der Waals surface area (Å²) in [6, 6.07) is 18.5. The Morgan fingerprint density at radius 1 is 1.12 bits per heavy atom. The molecule has 0 fully saturated rings. The van der Waals surface area contributed by atoms with E-state index < -0.39 is 0 Å². The number of aryl methyl sites for hydroxylation is 2. The second-order valence-corrected chi connectivity index (χ2v) is 6.25. The van der Waals surface area contributed by atoms with Gasteiger partial charge in [0.1, 0.15) is 6.54 Å². The van der Waals surface area contributed by atoms with Gasteiger partial charge in [0.05, 0.1) is 11.2 Å². The van der Waals surface area contributed by atoms with Gasteiger partial charge in [-0.25, -0.2) is 0 Å². The van der Waals surface area contributed by atoms with E-state index in [1.165, 1.54) is 5.56 Å². The molecular formula is C20H23N3O. The number of carbonyl (C=O) groups excluding carboxylic acids is 1. The van der Waals surface area contributed by atoms with E-state index in [0.29, 0.717) is 0 Å². The minimum atomic E-state index is 0.00353. The summed E-state index contributed by atoms with van der Waals surface area (Å²) in [6.45, 7) is 4.27. The topological polar surface area (TPSA) is 46.9 Å². The number of para-hydroxylation sites is 1. The maximum absolute atomic E-state index is 12.3. The van der Waals surface area contributed by atoms with Crippen molar-refractivity contribution >= 4 is 16.8 Å². The van der Waals surface area contributed by atoms with Crippen LogP contribution in [0, 0.1) is 6.92 Å². The van der Waals surface area contributed by atoms with Gasteiger partial charge < -0.3 is 5.32 Å². The molecular weight excluding hydrogens is 298 g/mol. The van der Waals surface area contributed by atoms with Crippen LogP contribution in [0.3, 0.4) is 0 Å². The Morgan fingerprint density at radius 2 is 1.83 bits per heavy atom. The summed E-state index contributed by atoms with van der Waals surface area (Å²) < 4.78 is 1.78.